The minimum absolute atomic E-state index is 0.249. The van der Waals surface area contributed by atoms with Gasteiger partial charge in [0.25, 0.3) is 0 Å². The van der Waals surface area contributed by atoms with E-state index in [0.29, 0.717) is 30.4 Å². The standard InChI is InChI=1S/C20H23N3O3S/c1-16-5-4-14-23(15-16)27(25,26)19-10-7-18(8-11-19)22-20(24)12-9-17-6-2-3-13-21-17/h2-3,6-13,16H,4-5,14-15H2,1H3,(H,22,24). The third-order valence-electron chi connectivity index (χ3n) is 4.47. The first-order valence-electron chi connectivity index (χ1n) is 8.95. The van der Waals surface area contributed by atoms with Gasteiger partial charge in [-0.2, -0.15) is 4.31 Å². The molecule has 1 N–H and O–H groups in total. The van der Waals surface area contributed by atoms with Crippen molar-refractivity contribution in [3.8, 4) is 0 Å². The molecular weight excluding hydrogens is 362 g/mol. The van der Waals surface area contributed by atoms with Crippen LogP contribution in [0.15, 0.2) is 59.6 Å². The van der Waals surface area contributed by atoms with Crippen molar-refractivity contribution >= 4 is 27.7 Å². The largest absolute Gasteiger partial charge is 0.323 e. The molecule has 27 heavy (non-hydrogen) atoms. The summed E-state index contributed by atoms with van der Waals surface area (Å²) >= 11 is 0. The molecular formula is C20H23N3O3S. The molecule has 0 bridgehead atoms. The first-order chi connectivity index (χ1) is 12.9. The number of pyridine rings is 1. The van der Waals surface area contributed by atoms with E-state index in [-0.39, 0.29) is 10.8 Å². The fourth-order valence-electron chi connectivity index (χ4n) is 3.04. The number of rotatable bonds is 5. The van der Waals surface area contributed by atoms with Gasteiger partial charge in [-0.05, 0) is 61.2 Å². The van der Waals surface area contributed by atoms with Gasteiger partial charge in [-0.15, -0.1) is 0 Å². The number of nitrogens with zero attached hydrogens (tertiary/aromatic N) is 2. The zero-order valence-electron chi connectivity index (χ0n) is 15.2. The number of carbonyl (C=O) groups excluding carboxylic acids is 1. The quantitative estimate of drug-likeness (QED) is 0.802. The Bertz CT molecular complexity index is 909. The van der Waals surface area contributed by atoms with Gasteiger partial charge in [-0.25, -0.2) is 8.42 Å². The van der Waals surface area contributed by atoms with E-state index in [1.165, 1.54) is 18.2 Å². The van der Waals surface area contributed by atoms with Crippen LogP contribution in [-0.4, -0.2) is 36.7 Å². The predicted molar refractivity (Wildman–Crippen MR) is 105 cm³/mol. The second kappa shape index (κ2) is 8.45. The van der Waals surface area contributed by atoms with E-state index in [1.807, 2.05) is 6.07 Å². The highest BCUT2D eigenvalue weighted by molar-refractivity contribution is 7.89. The number of benzene rings is 1. The Labute approximate surface area is 160 Å². The SMILES string of the molecule is CC1CCCN(S(=O)(=O)c2ccc(NC(=O)C=Cc3ccccn3)cc2)C1. The van der Waals surface area contributed by atoms with Gasteiger partial charge >= 0.3 is 0 Å². The molecule has 1 amide bonds. The van der Waals surface area contributed by atoms with E-state index < -0.39 is 10.0 Å². The molecule has 1 aliphatic heterocycles. The van der Waals surface area contributed by atoms with E-state index in [2.05, 4.69) is 17.2 Å². The van der Waals surface area contributed by atoms with Crippen LogP contribution < -0.4 is 5.32 Å². The van der Waals surface area contributed by atoms with Crippen molar-refractivity contribution in [1.29, 1.82) is 0 Å². The topological polar surface area (TPSA) is 79.4 Å². The summed E-state index contributed by atoms with van der Waals surface area (Å²) < 4.78 is 27.0. The van der Waals surface area contributed by atoms with Crippen LogP contribution in [0.1, 0.15) is 25.5 Å². The molecule has 0 spiro atoms. The Morgan fingerprint density at radius 2 is 2.00 bits per heavy atom. The van der Waals surface area contributed by atoms with E-state index in [0.717, 1.165) is 12.8 Å². The van der Waals surface area contributed by atoms with Gasteiger partial charge in [-0.3, -0.25) is 9.78 Å². The van der Waals surface area contributed by atoms with Crippen LogP contribution in [-0.2, 0) is 14.8 Å². The van der Waals surface area contributed by atoms with Crippen LogP contribution in [0, 0.1) is 5.92 Å². The zero-order chi connectivity index (χ0) is 19.3. The van der Waals surface area contributed by atoms with Gasteiger partial charge in [0.2, 0.25) is 15.9 Å². The second-order valence-electron chi connectivity index (χ2n) is 6.71. The van der Waals surface area contributed by atoms with Crippen LogP contribution >= 0.6 is 0 Å². The summed E-state index contributed by atoms with van der Waals surface area (Å²) in [6, 6.07) is 11.7. The van der Waals surface area contributed by atoms with Crippen molar-refractivity contribution < 1.29 is 13.2 Å². The number of carbonyl (C=O) groups is 1. The normalized spacial score (nSPS) is 18.5. The number of sulfonamides is 1. The molecule has 1 fully saturated rings. The van der Waals surface area contributed by atoms with Gasteiger partial charge in [0.15, 0.2) is 0 Å². The highest BCUT2D eigenvalue weighted by Crippen LogP contribution is 2.24. The Kier molecular flexibility index (Phi) is 6.03. The minimum Gasteiger partial charge on any atom is -0.323 e. The van der Waals surface area contributed by atoms with Crippen molar-refractivity contribution in [3.05, 3.63) is 60.4 Å². The highest BCUT2D eigenvalue weighted by atomic mass is 32.2. The zero-order valence-corrected chi connectivity index (χ0v) is 16.0. The van der Waals surface area contributed by atoms with Crippen LogP contribution in [0.25, 0.3) is 6.08 Å². The summed E-state index contributed by atoms with van der Waals surface area (Å²) in [5.74, 6) is 0.0686. The highest BCUT2D eigenvalue weighted by Gasteiger charge is 2.28. The van der Waals surface area contributed by atoms with Crippen molar-refractivity contribution in [2.75, 3.05) is 18.4 Å². The van der Waals surface area contributed by atoms with Crippen LogP contribution in [0.4, 0.5) is 5.69 Å². The molecule has 1 aromatic carbocycles. The smallest absolute Gasteiger partial charge is 0.248 e. The van der Waals surface area contributed by atoms with Crippen LogP contribution in [0.3, 0.4) is 0 Å². The Balaban J connectivity index is 1.64. The molecule has 2 heterocycles. The molecule has 1 atom stereocenters. The average Bonchev–Trinajstić information content (AvgIpc) is 2.68. The first-order valence-corrected chi connectivity index (χ1v) is 10.4. The van der Waals surface area contributed by atoms with Gasteiger partial charge in [-0.1, -0.05) is 13.0 Å². The third kappa shape index (κ3) is 5.02. The molecule has 142 valence electrons. The lowest BCUT2D eigenvalue weighted by Crippen LogP contribution is -2.39. The van der Waals surface area contributed by atoms with Gasteiger partial charge < -0.3 is 5.32 Å². The fourth-order valence-corrected chi connectivity index (χ4v) is 4.64. The maximum absolute atomic E-state index is 12.7. The lowest BCUT2D eigenvalue weighted by Gasteiger charge is -2.30. The second-order valence-corrected chi connectivity index (χ2v) is 8.65. The molecule has 1 unspecified atom stereocenters. The Morgan fingerprint density at radius 1 is 1.22 bits per heavy atom. The molecule has 7 heteroatoms. The summed E-state index contributed by atoms with van der Waals surface area (Å²) in [7, 11) is -3.49. The molecule has 0 saturated carbocycles. The van der Waals surface area contributed by atoms with Gasteiger partial charge in [0.1, 0.15) is 0 Å². The van der Waals surface area contributed by atoms with Crippen molar-refractivity contribution in [1.82, 2.24) is 9.29 Å². The van der Waals surface area contributed by atoms with Gasteiger partial charge in [0, 0.05) is 31.0 Å². The minimum atomic E-state index is -3.49. The molecule has 6 nitrogen and oxygen atoms in total. The van der Waals surface area contributed by atoms with E-state index >= 15 is 0 Å². The molecule has 1 aromatic heterocycles. The summed E-state index contributed by atoms with van der Waals surface area (Å²) in [6.45, 7) is 3.18. The average molecular weight is 385 g/mol. The number of anilines is 1. The molecule has 1 saturated heterocycles. The Hall–Kier alpha value is -2.51. The third-order valence-corrected chi connectivity index (χ3v) is 6.35. The van der Waals surface area contributed by atoms with Crippen molar-refractivity contribution in [2.45, 2.75) is 24.7 Å². The monoisotopic (exact) mass is 385 g/mol. The molecule has 3 rings (SSSR count). The summed E-state index contributed by atoms with van der Waals surface area (Å²) in [6.07, 6.45) is 6.60. The molecule has 1 aliphatic rings. The predicted octanol–water partition coefficient (Wildman–Crippen LogP) is 3.15. The van der Waals surface area contributed by atoms with Crippen LogP contribution in [0.2, 0.25) is 0 Å². The number of aromatic nitrogens is 1. The van der Waals surface area contributed by atoms with Crippen molar-refractivity contribution in [2.24, 2.45) is 5.92 Å². The number of piperidine rings is 1. The maximum atomic E-state index is 12.7. The summed E-state index contributed by atoms with van der Waals surface area (Å²) in [4.78, 5) is 16.4. The van der Waals surface area contributed by atoms with Gasteiger partial charge in [0.05, 0.1) is 10.6 Å². The van der Waals surface area contributed by atoms with E-state index in [4.69, 9.17) is 0 Å². The van der Waals surface area contributed by atoms with E-state index in [9.17, 15) is 13.2 Å². The summed E-state index contributed by atoms with van der Waals surface area (Å²) in [5, 5.41) is 2.72. The molecule has 0 radical (unpaired) electrons. The first kappa shape index (κ1) is 19.3. The number of nitrogens with one attached hydrogen (secondary N) is 1. The van der Waals surface area contributed by atoms with Crippen LogP contribution in [0.5, 0.6) is 0 Å². The van der Waals surface area contributed by atoms with E-state index in [1.54, 1.807) is 40.8 Å². The lowest BCUT2D eigenvalue weighted by molar-refractivity contribution is -0.111. The maximum Gasteiger partial charge on any atom is 0.248 e. The lowest BCUT2D eigenvalue weighted by atomic mass is 10.0. The number of amides is 1. The van der Waals surface area contributed by atoms with Crippen molar-refractivity contribution in [3.63, 3.8) is 0 Å². The molecule has 2 aromatic rings. The summed E-state index contributed by atoms with van der Waals surface area (Å²) in [5.41, 5.74) is 1.22. The Morgan fingerprint density at radius 3 is 2.67 bits per heavy atom. The number of hydrogen-bond donors (Lipinski definition) is 1. The fraction of sp³-hybridized carbons (Fsp3) is 0.300. The number of hydrogen-bond acceptors (Lipinski definition) is 4. The molecule has 0 aliphatic carbocycles.